The number of benzene rings is 1. The highest BCUT2D eigenvalue weighted by atomic mass is 35.5. The van der Waals surface area contributed by atoms with Gasteiger partial charge in [-0.3, -0.25) is 0 Å². The van der Waals surface area contributed by atoms with Crippen LogP contribution in [-0.2, 0) is 12.0 Å². The summed E-state index contributed by atoms with van der Waals surface area (Å²) in [6, 6.07) is 4.23. The van der Waals surface area contributed by atoms with Crippen molar-refractivity contribution in [1.82, 2.24) is 10.1 Å². The second kappa shape index (κ2) is 6.22. The number of rotatable bonds is 3. The zero-order valence-corrected chi connectivity index (χ0v) is 14.8. The van der Waals surface area contributed by atoms with Crippen LogP contribution in [0.2, 0.25) is 0 Å². The van der Waals surface area contributed by atoms with Crippen LogP contribution < -0.4 is 5.73 Å². The zero-order chi connectivity index (χ0) is 16.0. The first kappa shape index (κ1) is 17.0. The molecule has 0 amide bonds. The molecule has 0 atom stereocenters. The first-order chi connectivity index (χ1) is 11.0. The Kier molecular flexibility index (Phi) is 4.40. The van der Waals surface area contributed by atoms with E-state index < -0.39 is 5.54 Å². The molecule has 2 heterocycles. The molecule has 24 heavy (non-hydrogen) atoms. The number of nitrogens with two attached hydrogens (primary N) is 1. The van der Waals surface area contributed by atoms with E-state index in [1.807, 2.05) is 0 Å². The molecule has 0 radical (unpaired) electrons. The summed E-state index contributed by atoms with van der Waals surface area (Å²) in [5.74, 6) is 1.24. The SMILES string of the molecule is Cc1cc2occ(Cc3nc(C4(N)CCCC4)no3)c2cc1C.Cl. The third kappa shape index (κ3) is 2.82. The first-order valence-electron chi connectivity index (χ1n) is 8.14. The molecule has 0 aliphatic heterocycles. The van der Waals surface area contributed by atoms with E-state index in [1.54, 1.807) is 6.26 Å². The van der Waals surface area contributed by atoms with E-state index in [2.05, 4.69) is 36.1 Å². The monoisotopic (exact) mass is 347 g/mol. The molecule has 0 spiro atoms. The molecule has 1 aliphatic carbocycles. The molecule has 0 saturated heterocycles. The van der Waals surface area contributed by atoms with Crippen LogP contribution in [0.1, 0.15) is 54.1 Å². The lowest BCUT2D eigenvalue weighted by Gasteiger charge is -2.17. The van der Waals surface area contributed by atoms with Gasteiger partial charge in [-0.05, 0) is 49.9 Å². The minimum Gasteiger partial charge on any atom is -0.464 e. The van der Waals surface area contributed by atoms with Crippen LogP contribution in [0, 0.1) is 13.8 Å². The molecule has 128 valence electrons. The maximum Gasteiger partial charge on any atom is 0.231 e. The van der Waals surface area contributed by atoms with Gasteiger partial charge in [0.25, 0.3) is 0 Å². The lowest BCUT2D eigenvalue weighted by Crippen LogP contribution is -2.34. The fourth-order valence-electron chi connectivity index (χ4n) is 3.39. The maximum absolute atomic E-state index is 6.39. The topological polar surface area (TPSA) is 78.1 Å². The summed E-state index contributed by atoms with van der Waals surface area (Å²) in [5, 5.41) is 5.23. The number of halogens is 1. The molecule has 1 saturated carbocycles. The molecule has 2 N–H and O–H groups in total. The molecule has 1 aliphatic rings. The minimum absolute atomic E-state index is 0. The Morgan fingerprint density at radius 3 is 2.62 bits per heavy atom. The van der Waals surface area contributed by atoms with Crippen LogP contribution in [0.15, 0.2) is 27.3 Å². The highest BCUT2D eigenvalue weighted by molar-refractivity contribution is 5.85. The maximum atomic E-state index is 6.39. The zero-order valence-electron chi connectivity index (χ0n) is 14.0. The number of furan rings is 1. The second-order valence-corrected chi connectivity index (χ2v) is 6.75. The number of hydrogen-bond acceptors (Lipinski definition) is 5. The molecule has 0 unspecified atom stereocenters. The molecule has 0 bridgehead atoms. The van der Waals surface area contributed by atoms with Gasteiger partial charge in [0.15, 0.2) is 5.82 Å². The highest BCUT2D eigenvalue weighted by Gasteiger charge is 2.36. The summed E-state index contributed by atoms with van der Waals surface area (Å²) < 4.78 is 11.1. The molecule has 2 aromatic heterocycles. The Labute approximate surface area is 147 Å². The third-order valence-electron chi connectivity index (χ3n) is 5.02. The van der Waals surface area contributed by atoms with E-state index in [9.17, 15) is 0 Å². The van der Waals surface area contributed by atoms with Gasteiger partial charge in [0.2, 0.25) is 5.89 Å². The van der Waals surface area contributed by atoms with Crippen molar-refractivity contribution in [2.24, 2.45) is 5.73 Å². The van der Waals surface area contributed by atoms with E-state index in [1.165, 1.54) is 11.1 Å². The van der Waals surface area contributed by atoms with Gasteiger partial charge in [-0.1, -0.05) is 18.0 Å². The molecule has 3 aromatic rings. The van der Waals surface area contributed by atoms with E-state index >= 15 is 0 Å². The third-order valence-corrected chi connectivity index (χ3v) is 5.02. The van der Waals surface area contributed by atoms with Gasteiger partial charge >= 0.3 is 0 Å². The molecule has 1 fully saturated rings. The molecule has 6 heteroatoms. The van der Waals surface area contributed by atoms with E-state index in [0.29, 0.717) is 18.1 Å². The summed E-state index contributed by atoms with van der Waals surface area (Å²) in [6.07, 6.45) is 6.47. The average Bonchev–Trinajstić information content (AvgIpc) is 3.23. The minimum atomic E-state index is -0.409. The Hall–Kier alpha value is -1.85. The number of aromatic nitrogens is 2. The van der Waals surface area contributed by atoms with Gasteiger partial charge in [0.1, 0.15) is 5.58 Å². The van der Waals surface area contributed by atoms with Crippen molar-refractivity contribution in [2.45, 2.75) is 51.5 Å². The molecule has 1 aromatic carbocycles. The van der Waals surface area contributed by atoms with Crippen molar-refractivity contribution >= 4 is 23.4 Å². The fraction of sp³-hybridized carbons (Fsp3) is 0.444. The molecular weight excluding hydrogens is 326 g/mol. The summed E-state index contributed by atoms with van der Waals surface area (Å²) >= 11 is 0. The van der Waals surface area contributed by atoms with Gasteiger partial charge in [0, 0.05) is 10.9 Å². The molecule has 4 rings (SSSR count). The largest absolute Gasteiger partial charge is 0.464 e. The number of aryl methyl sites for hydroxylation is 2. The summed E-state index contributed by atoms with van der Waals surface area (Å²) in [4.78, 5) is 4.54. The summed E-state index contributed by atoms with van der Waals surface area (Å²) in [6.45, 7) is 4.19. The van der Waals surface area contributed by atoms with Crippen LogP contribution in [0.4, 0.5) is 0 Å². The lowest BCUT2D eigenvalue weighted by atomic mass is 9.98. The lowest BCUT2D eigenvalue weighted by molar-refractivity contribution is 0.352. The van der Waals surface area contributed by atoms with Crippen LogP contribution in [0.5, 0.6) is 0 Å². The second-order valence-electron chi connectivity index (χ2n) is 6.75. The first-order valence-corrected chi connectivity index (χ1v) is 8.14. The van der Waals surface area contributed by atoms with Gasteiger partial charge in [-0.15, -0.1) is 12.4 Å². The Balaban J connectivity index is 0.00000169. The van der Waals surface area contributed by atoms with Crippen LogP contribution in [0.25, 0.3) is 11.0 Å². The van der Waals surface area contributed by atoms with Crippen molar-refractivity contribution in [3.05, 3.63) is 46.8 Å². The number of hydrogen-bond donors (Lipinski definition) is 1. The summed E-state index contributed by atoms with van der Waals surface area (Å²) in [7, 11) is 0. The Morgan fingerprint density at radius 2 is 1.88 bits per heavy atom. The standard InChI is InChI=1S/C18H21N3O2.ClH/c1-11-7-14-13(10-22-15(14)8-12(11)2)9-16-20-17(21-23-16)18(19)5-3-4-6-18;/h7-8,10H,3-6,9,19H2,1-2H3;1H. The van der Waals surface area contributed by atoms with Gasteiger partial charge in [-0.25, -0.2) is 0 Å². The van der Waals surface area contributed by atoms with Crippen molar-refractivity contribution in [3.8, 4) is 0 Å². The van der Waals surface area contributed by atoms with Crippen LogP contribution in [-0.4, -0.2) is 10.1 Å². The predicted octanol–water partition coefficient (Wildman–Crippen LogP) is 4.17. The quantitative estimate of drug-likeness (QED) is 0.769. The average molecular weight is 348 g/mol. The van der Waals surface area contributed by atoms with E-state index in [-0.39, 0.29) is 12.4 Å². The predicted molar refractivity (Wildman–Crippen MR) is 94.4 cm³/mol. The Morgan fingerprint density at radius 1 is 1.17 bits per heavy atom. The molecule has 5 nitrogen and oxygen atoms in total. The van der Waals surface area contributed by atoms with Crippen molar-refractivity contribution < 1.29 is 8.94 Å². The Bertz CT molecular complexity index is 862. The smallest absolute Gasteiger partial charge is 0.231 e. The number of nitrogens with zero attached hydrogens (tertiary/aromatic N) is 2. The van der Waals surface area contributed by atoms with E-state index in [4.69, 9.17) is 14.7 Å². The van der Waals surface area contributed by atoms with Gasteiger partial charge in [0.05, 0.1) is 18.2 Å². The fourth-order valence-corrected chi connectivity index (χ4v) is 3.39. The van der Waals surface area contributed by atoms with Crippen LogP contribution >= 0.6 is 12.4 Å². The highest BCUT2D eigenvalue weighted by Crippen LogP contribution is 2.35. The van der Waals surface area contributed by atoms with Crippen molar-refractivity contribution in [2.75, 3.05) is 0 Å². The van der Waals surface area contributed by atoms with Crippen molar-refractivity contribution in [1.29, 1.82) is 0 Å². The molecular formula is C18H22ClN3O2. The van der Waals surface area contributed by atoms with Crippen molar-refractivity contribution in [3.63, 3.8) is 0 Å². The van der Waals surface area contributed by atoms with Gasteiger partial charge < -0.3 is 14.7 Å². The van der Waals surface area contributed by atoms with Crippen LogP contribution in [0.3, 0.4) is 0 Å². The summed E-state index contributed by atoms with van der Waals surface area (Å²) in [5.41, 5.74) is 10.4. The number of fused-ring (bicyclic) bond motifs is 1. The van der Waals surface area contributed by atoms with E-state index in [0.717, 1.165) is 42.2 Å². The normalized spacial score (nSPS) is 16.5. The van der Waals surface area contributed by atoms with Gasteiger partial charge in [-0.2, -0.15) is 4.98 Å².